The predicted octanol–water partition coefficient (Wildman–Crippen LogP) is 2.75. The Bertz CT molecular complexity index is 480. The van der Waals surface area contributed by atoms with Gasteiger partial charge in [0.2, 0.25) is 5.91 Å². The normalized spacial score (nSPS) is 21.9. The molecule has 1 aromatic carbocycles. The lowest BCUT2D eigenvalue weighted by Crippen LogP contribution is -2.37. The molecule has 0 heterocycles. The number of amides is 1. The minimum Gasteiger partial charge on any atom is -0.379 e. The minimum atomic E-state index is -0.460. The lowest BCUT2D eigenvalue weighted by molar-refractivity contribution is -0.132. The van der Waals surface area contributed by atoms with Crippen LogP contribution in [0.2, 0.25) is 5.02 Å². The highest BCUT2D eigenvalue weighted by molar-refractivity contribution is 6.31. The molecule has 1 aromatic rings. The first-order chi connectivity index (χ1) is 10.1. The standard InChI is InChI=1S/C16H22ClNO3/c1-3-20-8-9-21-11(2)16(19)18-15-10-13(15)12-6-4-5-7-14(12)17/h4-7,11,13,15H,3,8-10H2,1-2H3,(H,18,19)/t11-,13+,15-/m1/s1. The number of benzene rings is 1. The summed E-state index contributed by atoms with van der Waals surface area (Å²) < 4.78 is 10.6. The van der Waals surface area contributed by atoms with Gasteiger partial charge in [-0.25, -0.2) is 0 Å². The second kappa shape index (κ2) is 7.78. The zero-order valence-corrected chi connectivity index (χ0v) is 13.2. The van der Waals surface area contributed by atoms with Crippen molar-refractivity contribution < 1.29 is 14.3 Å². The van der Waals surface area contributed by atoms with E-state index in [2.05, 4.69) is 5.32 Å². The summed E-state index contributed by atoms with van der Waals surface area (Å²) in [4.78, 5) is 12.0. The molecule has 0 saturated heterocycles. The van der Waals surface area contributed by atoms with Gasteiger partial charge in [-0.3, -0.25) is 4.79 Å². The fourth-order valence-corrected chi connectivity index (χ4v) is 2.55. The third-order valence-corrected chi connectivity index (χ3v) is 3.94. The maximum absolute atomic E-state index is 12.0. The molecule has 1 fully saturated rings. The van der Waals surface area contributed by atoms with Crippen molar-refractivity contribution in [3.05, 3.63) is 34.9 Å². The van der Waals surface area contributed by atoms with Crippen LogP contribution < -0.4 is 5.32 Å². The van der Waals surface area contributed by atoms with Crippen LogP contribution in [0.1, 0.15) is 31.7 Å². The van der Waals surface area contributed by atoms with Crippen molar-refractivity contribution in [2.24, 2.45) is 0 Å². The van der Waals surface area contributed by atoms with E-state index >= 15 is 0 Å². The molecule has 0 aliphatic heterocycles. The van der Waals surface area contributed by atoms with Crippen LogP contribution in [0.4, 0.5) is 0 Å². The number of hydrogen-bond acceptors (Lipinski definition) is 3. The van der Waals surface area contributed by atoms with Gasteiger partial charge in [-0.05, 0) is 31.9 Å². The molecule has 21 heavy (non-hydrogen) atoms. The number of carbonyl (C=O) groups is 1. The van der Waals surface area contributed by atoms with Crippen LogP contribution in [0.15, 0.2) is 24.3 Å². The fourth-order valence-electron chi connectivity index (χ4n) is 2.28. The summed E-state index contributed by atoms with van der Waals surface area (Å²) in [5, 5.41) is 3.77. The third kappa shape index (κ3) is 4.70. The molecule has 5 heteroatoms. The highest BCUT2D eigenvalue weighted by Gasteiger charge is 2.41. The van der Waals surface area contributed by atoms with Gasteiger partial charge in [0.25, 0.3) is 0 Å². The molecule has 0 spiro atoms. The van der Waals surface area contributed by atoms with Crippen LogP contribution in [0.3, 0.4) is 0 Å². The molecule has 1 saturated carbocycles. The number of carbonyl (C=O) groups excluding carboxylic acids is 1. The maximum Gasteiger partial charge on any atom is 0.249 e. The quantitative estimate of drug-likeness (QED) is 0.751. The Morgan fingerprint density at radius 1 is 1.43 bits per heavy atom. The molecule has 1 N–H and O–H groups in total. The molecule has 1 aliphatic carbocycles. The molecule has 1 amide bonds. The Labute approximate surface area is 130 Å². The second-order valence-electron chi connectivity index (χ2n) is 5.19. The van der Waals surface area contributed by atoms with Gasteiger partial charge >= 0.3 is 0 Å². The molecule has 2 rings (SSSR count). The lowest BCUT2D eigenvalue weighted by atomic mass is 10.1. The second-order valence-corrected chi connectivity index (χ2v) is 5.60. The van der Waals surface area contributed by atoms with E-state index in [4.69, 9.17) is 21.1 Å². The van der Waals surface area contributed by atoms with Crippen LogP contribution >= 0.6 is 11.6 Å². The molecule has 0 radical (unpaired) electrons. The Morgan fingerprint density at radius 2 is 2.19 bits per heavy atom. The summed E-state index contributed by atoms with van der Waals surface area (Å²) in [6.07, 6.45) is 0.471. The van der Waals surface area contributed by atoms with E-state index in [-0.39, 0.29) is 11.9 Å². The van der Waals surface area contributed by atoms with E-state index in [1.54, 1.807) is 6.92 Å². The first-order valence-electron chi connectivity index (χ1n) is 7.37. The summed E-state index contributed by atoms with van der Waals surface area (Å²) in [6, 6.07) is 7.94. The van der Waals surface area contributed by atoms with E-state index in [0.717, 1.165) is 17.0 Å². The van der Waals surface area contributed by atoms with E-state index < -0.39 is 6.10 Å². The van der Waals surface area contributed by atoms with Crippen molar-refractivity contribution in [1.82, 2.24) is 5.32 Å². The van der Waals surface area contributed by atoms with Crippen LogP contribution in [-0.2, 0) is 14.3 Å². The monoisotopic (exact) mass is 311 g/mol. The Hall–Kier alpha value is -1.10. The van der Waals surface area contributed by atoms with E-state index in [1.165, 1.54) is 0 Å². The van der Waals surface area contributed by atoms with Gasteiger partial charge in [-0.15, -0.1) is 0 Å². The number of halogens is 1. The summed E-state index contributed by atoms with van der Waals surface area (Å²) >= 11 is 6.17. The van der Waals surface area contributed by atoms with Crippen molar-refractivity contribution in [2.45, 2.75) is 38.3 Å². The van der Waals surface area contributed by atoms with Crippen LogP contribution in [0.25, 0.3) is 0 Å². The van der Waals surface area contributed by atoms with Gasteiger partial charge in [0.05, 0.1) is 13.2 Å². The predicted molar refractivity (Wildman–Crippen MR) is 82.6 cm³/mol. The molecule has 0 aromatic heterocycles. The first-order valence-corrected chi connectivity index (χ1v) is 7.75. The Morgan fingerprint density at radius 3 is 2.90 bits per heavy atom. The van der Waals surface area contributed by atoms with Gasteiger partial charge < -0.3 is 14.8 Å². The molecule has 4 nitrogen and oxygen atoms in total. The lowest BCUT2D eigenvalue weighted by Gasteiger charge is -2.13. The van der Waals surface area contributed by atoms with Gasteiger partial charge in [0.1, 0.15) is 6.10 Å². The molecule has 0 bridgehead atoms. The van der Waals surface area contributed by atoms with Gasteiger partial charge in [-0.2, -0.15) is 0 Å². The van der Waals surface area contributed by atoms with Crippen LogP contribution in [0, 0.1) is 0 Å². The SMILES string of the molecule is CCOCCO[C@H](C)C(=O)N[C@@H]1C[C@H]1c1ccccc1Cl. The van der Waals surface area contributed by atoms with Gasteiger partial charge in [0, 0.05) is 23.6 Å². The zero-order chi connectivity index (χ0) is 15.2. The number of rotatable bonds is 8. The summed E-state index contributed by atoms with van der Waals surface area (Å²) in [7, 11) is 0. The number of ether oxygens (including phenoxy) is 2. The van der Waals surface area contributed by atoms with E-state index in [0.29, 0.717) is 25.7 Å². The Kier molecular flexibility index (Phi) is 6.03. The van der Waals surface area contributed by atoms with Crippen molar-refractivity contribution in [2.75, 3.05) is 19.8 Å². The summed E-state index contributed by atoms with van der Waals surface area (Å²) in [5.74, 6) is 0.240. The highest BCUT2D eigenvalue weighted by Crippen LogP contribution is 2.43. The van der Waals surface area contributed by atoms with Gasteiger partial charge in [0.15, 0.2) is 0 Å². The molecule has 3 atom stereocenters. The summed E-state index contributed by atoms with van der Waals surface area (Å²) in [6.45, 7) is 5.29. The van der Waals surface area contributed by atoms with Crippen molar-refractivity contribution >= 4 is 17.5 Å². The topological polar surface area (TPSA) is 47.6 Å². The maximum atomic E-state index is 12.0. The van der Waals surface area contributed by atoms with Crippen LogP contribution in [-0.4, -0.2) is 37.9 Å². The van der Waals surface area contributed by atoms with Crippen LogP contribution in [0.5, 0.6) is 0 Å². The molecule has 0 unspecified atom stereocenters. The fraction of sp³-hybridized carbons (Fsp3) is 0.562. The summed E-state index contributed by atoms with van der Waals surface area (Å²) in [5.41, 5.74) is 1.11. The average Bonchev–Trinajstić information content (AvgIpc) is 3.22. The van der Waals surface area contributed by atoms with Crippen molar-refractivity contribution in [3.63, 3.8) is 0 Å². The van der Waals surface area contributed by atoms with E-state index in [1.807, 2.05) is 31.2 Å². The van der Waals surface area contributed by atoms with Crippen molar-refractivity contribution in [1.29, 1.82) is 0 Å². The number of nitrogens with one attached hydrogen (secondary N) is 1. The third-order valence-electron chi connectivity index (χ3n) is 3.59. The molecule has 116 valence electrons. The van der Waals surface area contributed by atoms with Gasteiger partial charge in [-0.1, -0.05) is 29.8 Å². The van der Waals surface area contributed by atoms with E-state index in [9.17, 15) is 4.79 Å². The average molecular weight is 312 g/mol. The van der Waals surface area contributed by atoms with Crippen molar-refractivity contribution in [3.8, 4) is 0 Å². The molecular formula is C16H22ClNO3. The first kappa shape index (κ1) is 16.3. The Balaban J connectivity index is 1.74. The minimum absolute atomic E-state index is 0.0777. The number of hydrogen-bond donors (Lipinski definition) is 1. The molecular weight excluding hydrogens is 290 g/mol. The zero-order valence-electron chi connectivity index (χ0n) is 12.5. The molecule has 1 aliphatic rings. The largest absolute Gasteiger partial charge is 0.379 e. The smallest absolute Gasteiger partial charge is 0.249 e. The highest BCUT2D eigenvalue weighted by atomic mass is 35.5.